The van der Waals surface area contributed by atoms with Crippen LogP contribution in [-0.4, -0.2) is 16.5 Å². The summed E-state index contributed by atoms with van der Waals surface area (Å²) in [4.78, 5) is 8.03. The molecule has 0 aliphatic carbocycles. The van der Waals surface area contributed by atoms with E-state index in [4.69, 9.17) is 5.73 Å². The molecule has 0 aliphatic heterocycles. The molecule has 1 aromatic rings. The quantitative estimate of drug-likeness (QED) is 0.804. The van der Waals surface area contributed by atoms with Gasteiger partial charge in [0, 0.05) is 18.9 Å². The maximum Gasteiger partial charge on any atom is 0.151 e. The van der Waals surface area contributed by atoms with Crippen LogP contribution in [0, 0.1) is 0 Å². The highest BCUT2D eigenvalue weighted by molar-refractivity contribution is 9.10. The lowest BCUT2D eigenvalue weighted by Gasteiger charge is -1.90. The Balaban J connectivity index is 2.73. The summed E-state index contributed by atoms with van der Waals surface area (Å²) >= 11 is 3.24. The number of halogens is 1. The first-order chi connectivity index (χ1) is 5.33. The summed E-state index contributed by atoms with van der Waals surface area (Å²) in [5, 5.41) is 0. The first-order valence-corrected chi connectivity index (χ1v) is 3.96. The zero-order chi connectivity index (χ0) is 8.10. The van der Waals surface area contributed by atoms with Crippen LogP contribution in [0.2, 0.25) is 0 Å². The molecule has 0 saturated heterocycles. The Morgan fingerprint density at radius 2 is 2.09 bits per heavy atom. The van der Waals surface area contributed by atoms with Crippen LogP contribution >= 0.6 is 15.9 Å². The molecule has 0 unspecified atom stereocenters. The summed E-state index contributed by atoms with van der Waals surface area (Å²) < 4.78 is 0.877. The van der Waals surface area contributed by atoms with Crippen molar-refractivity contribution in [1.29, 1.82) is 0 Å². The molecule has 0 aliphatic rings. The first-order valence-electron chi connectivity index (χ1n) is 3.17. The highest BCUT2D eigenvalue weighted by atomic mass is 79.9. The number of rotatable bonds is 2. The van der Waals surface area contributed by atoms with Crippen LogP contribution in [0.3, 0.4) is 0 Å². The Morgan fingerprint density at radius 3 is 2.64 bits per heavy atom. The molecule has 4 heteroatoms. The van der Waals surface area contributed by atoms with Gasteiger partial charge in [-0.1, -0.05) is 6.08 Å². The second-order valence-electron chi connectivity index (χ2n) is 1.90. The van der Waals surface area contributed by atoms with Gasteiger partial charge in [-0.2, -0.15) is 0 Å². The zero-order valence-corrected chi connectivity index (χ0v) is 7.45. The summed E-state index contributed by atoms with van der Waals surface area (Å²) in [6, 6.07) is 0. The lowest BCUT2D eigenvalue weighted by atomic mass is 10.4. The summed E-state index contributed by atoms with van der Waals surface area (Å²) in [7, 11) is 0. The third-order valence-electron chi connectivity index (χ3n) is 1.04. The number of nitrogens with zero attached hydrogens (tertiary/aromatic N) is 2. The van der Waals surface area contributed by atoms with E-state index in [0.29, 0.717) is 12.4 Å². The molecular weight excluding hydrogens is 206 g/mol. The van der Waals surface area contributed by atoms with Crippen LogP contribution in [0.15, 0.2) is 22.9 Å². The molecule has 0 bridgehead atoms. The second kappa shape index (κ2) is 4.20. The van der Waals surface area contributed by atoms with Gasteiger partial charge < -0.3 is 5.73 Å². The predicted octanol–water partition coefficient (Wildman–Crippen LogP) is 1.21. The van der Waals surface area contributed by atoms with Crippen LogP contribution in [0.25, 0.3) is 6.08 Å². The van der Waals surface area contributed by atoms with Gasteiger partial charge >= 0.3 is 0 Å². The van der Waals surface area contributed by atoms with E-state index in [2.05, 4.69) is 25.9 Å². The van der Waals surface area contributed by atoms with Gasteiger partial charge in [-0.15, -0.1) is 0 Å². The molecule has 58 valence electrons. The SMILES string of the molecule is NCC=Cc1ncc(Br)cn1. The van der Waals surface area contributed by atoms with E-state index in [9.17, 15) is 0 Å². The van der Waals surface area contributed by atoms with Gasteiger partial charge in [-0.25, -0.2) is 9.97 Å². The molecule has 0 amide bonds. The second-order valence-corrected chi connectivity index (χ2v) is 2.81. The maximum atomic E-state index is 5.25. The summed E-state index contributed by atoms with van der Waals surface area (Å²) in [5.74, 6) is 0.679. The Kier molecular flexibility index (Phi) is 3.19. The van der Waals surface area contributed by atoms with E-state index in [1.807, 2.05) is 6.08 Å². The van der Waals surface area contributed by atoms with Crippen LogP contribution in [0.1, 0.15) is 5.82 Å². The topological polar surface area (TPSA) is 51.8 Å². The molecule has 0 aromatic carbocycles. The van der Waals surface area contributed by atoms with Gasteiger partial charge in [0.25, 0.3) is 0 Å². The highest BCUT2D eigenvalue weighted by Gasteiger charge is 1.88. The largest absolute Gasteiger partial charge is 0.327 e. The molecule has 0 atom stereocenters. The van der Waals surface area contributed by atoms with Crippen LogP contribution in [0.5, 0.6) is 0 Å². The maximum absolute atomic E-state index is 5.25. The average molecular weight is 214 g/mol. The van der Waals surface area contributed by atoms with Crippen molar-refractivity contribution >= 4 is 22.0 Å². The minimum absolute atomic E-state index is 0.513. The molecule has 1 heterocycles. The van der Waals surface area contributed by atoms with Crippen LogP contribution in [0.4, 0.5) is 0 Å². The summed E-state index contributed by atoms with van der Waals surface area (Å²) in [5.41, 5.74) is 5.25. The van der Waals surface area contributed by atoms with Crippen molar-refractivity contribution in [2.24, 2.45) is 5.73 Å². The standard InChI is InChI=1S/C7H8BrN3/c8-6-4-10-7(11-5-6)2-1-3-9/h1-2,4-5H,3,9H2. The van der Waals surface area contributed by atoms with Crippen molar-refractivity contribution in [3.8, 4) is 0 Å². The van der Waals surface area contributed by atoms with Gasteiger partial charge in [0.2, 0.25) is 0 Å². The smallest absolute Gasteiger partial charge is 0.151 e. The fraction of sp³-hybridized carbons (Fsp3) is 0.143. The van der Waals surface area contributed by atoms with Crippen molar-refractivity contribution < 1.29 is 0 Å². The lowest BCUT2D eigenvalue weighted by molar-refractivity contribution is 1.12. The fourth-order valence-corrected chi connectivity index (χ4v) is 0.787. The normalized spacial score (nSPS) is 10.7. The molecule has 2 N–H and O–H groups in total. The van der Waals surface area contributed by atoms with Crippen molar-refractivity contribution in [3.63, 3.8) is 0 Å². The van der Waals surface area contributed by atoms with E-state index in [1.165, 1.54) is 0 Å². The van der Waals surface area contributed by atoms with Crippen molar-refractivity contribution in [2.45, 2.75) is 0 Å². The van der Waals surface area contributed by atoms with Gasteiger partial charge in [-0.3, -0.25) is 0 Å². The number of nitrogens with two attached hydrogens (primary N) is 1. The molecule has 1 rings (SSSR count). The molecule has 11 heavy (non-hydrogen) atoms. The van der Waals surface area contributed by atoms with Crippen LogP contribution < -0.4 is 5.73 Å². The molecule has 0 spiro atoms. The Bertz CT molecular complexity index is 242. The predicted molar refractivity (Wildman–Crippen MR) is 47.8 cm³/mol. The van der Waals surface area contributed by atoms with Crippen molar-refractivity contribution in [1.82, 2.24) is 9.97 Å². The van der Waals surface area contributed by atoms with Gasteiger partial charge in [-0.05, 0) is 22.0 Å². The van der Waals surface area contributed by atoms with Gasteiger partial charge in [0.15, 0.2) is 5.82 Å². The Labute approximate surface area is 73.5 Å². The summed E-state index contributed by atoms with van der Waals surface area (Å²) in [6.45, 7) is 0.513. The molecule has 1 aromatic heterocycles. The minimum atomic E-state index is 0.513. The molecule has 0 radical (unpaired) electrons. The van der Waals surface area contributed by atoms with Crippen LogP contribution in [-0.2, 0) is 0 Å². The minimum Gasteiger partial charge on any atom is -0.327 e. The van der Waals surface area contributed by atoms with E-state index in [-0.39, 0.29) is 0 Å². The molecule has 0 fully saturated rings. The summed E-state index contributed by atoms with van der Waals surface area (Å²) in [6.07, 6.45) is 6.99. The Morgan fingerprint density at radius 1 is 1.45 bits per heavy atom. The van der Waals surface area contributed by atoms with E-state index >= 15 is 0 Å². The van der Waals surface area contributed by atoms with E-state index in [1.54, 1.807) is 18.5 Å². The third-order valence-corrected chi connectivity index (χ3v) is 1.45. The zero-order valence-electron chi connectivity index (χ0n) is 5.87. The van der Waals surface area contributed by atoms with Gasteiger partial charge in [0.05, 0.1) is 4.47 Å². The highest BCUT2D eigenvalue weighted by Crippen LogP contribution is 2.04. The first kappa shape index (κ1) is 8.36. The lowest BCUT2D eigenvalue weighted by Crippen LogP contribution is -1.93. The van der Waals surface area contributed by atoms with Crippen molar-refractivity contribution in [2.75, 3.05) is 6.54 Å². The van der Waals surface area contributed by atoms with Crippen molar-refractivity contribution in [3.05, 3.63) is 28.8 Å². The molecular formula is C7H8BrN3. The number of hydrogen-bond donors (Lipinski definition) is 1. The van der Waals surface area contributed by atoms with E-state index < -0.39 is 0 Å². The molecule has 0 saturated carbocycles. The monoisotopic (exact) mass is 213 g/mol. The fourth-order valence-electron chi connectivity index (χ4n) is 0.582. The Hall–Kier alpha value is -0.740. The average Bonchev–Trinajstić information content (AvgIpc) is 2.04. The number of hydrogen-bond acceptors (Lipinski definition) is 3. The number of aromatic nitrogens is 2. The van der Waals surface area contributed by atoms with E-state index in [0.717, 1.165) is 4.47 Å². The molecule has 3 nitrogen and oxygen atoms in total. The van der Waals surface area contributed by atoms with Gasteiger partial charge in [0.1, 0.15) is 0 Å². The third kappa shape index (κ3) is 2.78.